The summed E-state index contributed by atoms with van der Waals surface area (Å²) in [4.78, 5) is 0. The first-order valence-corrected chi connectivity index (χ1v) is 8.30. The highest BCUT2D eigenvalue weighted by Gasteiger charge is 2.18. The van der Waals surface area contributed by atoms with Crippen LogP contribution in [-0.4, -0.2) is 38.3 Å². The smallest absolute Gasteiger partial charge is 0.168 e. The van der Waals surface area contributed by atoms with Crippen LogP contribution in [0.25, 0.3) is 0 Å². The summed E-state index contributed by atoms with van der Waals surface area (Å²) in [6, 6.07) is 0.547. The van der Waals surface area contributed by atoms with Gasteiger partial charge >= 0.3 is 0 Å². The molecule has 0 aliphatic rings. The molecule has 6 heteroatoms. The Bertz CT molecular complexity index is 353. The molecule has 2 atom stereocenters. The molecule has 110 valence electrons. The molecular weight excluding hydrogens is 258 g/mol. The Morgan fingerprint density at radius 3 is 2.63 bits per heavy atom. The van der Waals surface area contributed by atoms with Crippen LogP contribution in [0.5, 0.6) is 0 Å². The standard InChI is InChI=1S/C13H27N5S/c1-6-19-8-7-11(4)18-13(15-16-17-18)12(5)14-9-10(2)3/h10-12,14H,6-9H2,1-5H3. The Morgan fingerprint density at radius 2 is 2.00 bits per heavy atom. The Morgan fingerprint density at radius 1 is 1.26 bits per heavy atom. The third-order valence-electron chi connectivity index (χ3n) is 3.04. The Hall–Kier alpha value is -0.620. The summed E-state index contributed by atoms with van der Waals surface area (Å²) in [6.07, 6.45) is 1.10. The zero-order valence-electron chi connectivity index (χ0n) is 12.8. The summed E-state index contributed by atoms with van der Waals surface area (Å²) in [5, 5.41) is 15.6. The van der Waals surface area contributed by atoms with E-state index in [1.54, 1.807) is 0 Å². The molecule has 0 fully saturated rings. The van der Waals surface area contributed by atoms with Crippen LogP contribution in [0.2, 0.25) is 0 Å². The maximum Gasteiger partial charge on any atom is 0.168 e. The maximum absolute atomic E-state index is 4.18. The highest BCUT2D eigenvalue weighted by atomic mass is 32.2. The number of thioether (sulfide) groups is 1. The molecule has 0 saturated carbocycles. The van der Waals surface area contributed by atoms with Gasteiger partial charge in [0.15, 0.2) is 5.82 Å². The van der Waals surface area contributed by atoms with Crippen LogP contribution in [0.3, 0.4) is 0 Å². The quantitative estimate of drug-likeness (QED) is 0.707. The minimum Gasteiger partial charge on any atom is -0.307 e. The van der Waals surface area contributed by atoms with Crippen molar-refractivity contribution in [3.8, 4) is 0 Å². The Kier molecular flexibility index (Phi) is 7.38. The summed E-state index contributed by atoms with van der Waals surface area (Å²) < 4.78 is 1.97. The molecule has 0 aliphatic heterocycles. The molecule has 5 nitrogen and oxygen atoms in total. The lowest BCUT2D eigenvalue weighted by Crippen LogP contribution is -2.27. The van der Waals surface area contributed by atoms with Gasteiger partial charge in [0, 0.05) is 0 Å². The predicted molar refractivity (Wildman–Crippen MR) is 81.4 cm³/mol. The number of nitrogens with zero attached hydrogens (tertiary/aromatic N) is 4. The SMILES string of the molecule is CCSCCC(C)n1nnnc1C(C)NCC(C)C. The molecule has 0 aliphatic carbocycles. The van der Waals surface area contributed by atoms with Crippen molar-refractivity contribution in [1.29, 1.82) is 0 Å². The van der Waals surface area contributed by atoms with Gasteiger partial charge in [-0.05, 0) is 54.7 Å². The molecule has 0 spiro atoms. The first kappa shape index (κ1) is 16.4. The molecule has 0 aromatic carbocycles. The molecule has 0 amide bonds. The number of hydrogen-bond acceptors (Lipinski definition) is 5. The highest BCUT2D eigenvalue weighted by molar-refractivity contribution is 7.99. The van der Waals surface area contributed by atoms with E-state index in [0.29, 0.717) is 12.0 Å². The molecule has 0 radical (unpaired) electrons. The van der Waals surface area contributed by atoms with E-state index in [9.17, 15) is 0 Å². The van der Waals surface area contributed by atoms with Crippen molar-refractivity contribution < 1.29 is 0 Å². The lowest BCUT2D eigenvalue weighted by Gasteiger charge is -2.18. The van der Waals surface area contributed by atoms with Gasteiger partial charge in [-0.3, -0.25) is 0 Å². The summed E-state index contributed by atoms with van der Waals surface area (Å²) >= 11 is 1.96. The molecule has 1 rings (SSSR count). The van der Waals surface area contributed by atoms with Crippen LogP contribution in [0, 0.1) is 5.92 Å². The van der Waals surface area contributed by atoms with E-state index < -0.39 is 0 Å². The maximum atomic E-state index is 4.18. The fourth-order valence-electron chi connectivity index (χ4n) is 1.82. The number of nitrogens with one attached hydrogen (secondary N) is 1. The summed E-state index contributed by atoms with van der Waals surface area (Å²) in [7, 11) is 0. The topological polar surface area (TPSA) is 55.6 Å². The minimum atomic E-state index is 0.193. The van der Waals surface area contributed by atoms with E-state index in [4.69, 9.17) is 0 Å². The minimum absolute atomic E-state index is 0.193. The zero-order valence-corrected chi connectivity index (χ0v) is 13.6. The largest absolute Gasteiger partial charge is 0.307 e. The molecule has 1 aromatic rings. The first-order valence-electron chi connectivity index (χ1n) is 7.15. The molecule has 0 bridgehead atoms. The van der Waals surface area contributed by atoms with Gasteiger partial charge in [-0.25, -0.2) is 4.68 Å². The van der Waals surface area contributed by atoms with Crippen molar-refractivity contribution in [3.63, 3.8) is 0 Å². The third kappa shape index (κ3) is 5.48. The molecule has 19 heavy (non-hydrogen) atoms. The van der Waals surface area contributed by atoms with Gasteiger partial charge in [-0.15, -0.1) is 5.10 Å². The van der Waals surface area contributed by atoms with Gasteiger partial charge in [0.25, 0.3) is 0 Å². The van der Waals surface area contributed by atoms with Crippen molar-refractivity contribution in [2.45, 2.75) is 53.1 Å². The number of hydrogen-bond donors (Lipinski definition) is 1. The average Bonchev–Trinajstić information content (AvgIpc) is 2.85. The lowest BCUT2D eigenvalue weighted by atomic mass is 10.2. The van der Waals surface area contributed by atoms with Crippen LogP contribution in [0.1, 0.15) is 58.9 Å². The van der Waals surface area contributed by atoms with Gasteiger partial charge in [0.2, 0.25) is 0 Å². The lowest BCUT2D eigenvalue weighted by molar-refractivity contribution is 0.409. The average molecular weight is 285 g/mol. The second-order valence-corrected chi connectivity index (χ2v) is 6.73. The van der Waals surface area contributed by atoms with Crippen molar-refractivity contribution in [2.75, 3.05) is 18.1 Å². The van der Waals surface area contributed by atoms with E-state index in [-0.39, 0.29) is 6.04 Å². The van der Waals surface area contributed by atoms with Crippen LogP contribution >= 0.6 is 11.8 Å². The van der Waals surface area contributed by atoms with Gasteiger partial charge in [0.1, 0.15) is 0 Å². The van der Waals surface area contributed by atoms with E-state index in [1.807, 2.05) is 16.4 Å². The van der Waals surface area contributed by atoms with Crippen LogP contribution in [-0.2, 0) is 0 Å². The van der Waals surface area contributed by atoms with Gasteiger partial charge < -0.3 is 5.32 Å². The normalized spacial score (nSPS) is 14.8. The van der Waals surface area contributed by atoms with Gasteiger partial charge in [-0.1, -0.05) is 20.8 Å². The fraction of sp³-hybridized carbons (Fsp3) is 0.923. The van der Waals surface area contributed by atoms with Crippen LogP contribution in [0.4, 0.5) is 0 Å². The summed E-state index contributed by atoms with van der Waals surface area (Å²) in [6.45, 7) is 11.9. The molecule has 0 saturated heterocycles. The predicted octanol–water partition coefficient (Wildman–Crippen LogP) is 2.68. The van der Waals surface area contributed by atoms with Gasteiger partial charge in [0.05, 0.1) is 12.1 Å². The van der Waals surface area contributed by atoms with Crippen LogP contribution < -0.4 is 5.32 Å². The van der Waals surface area contributed by atoms with Crippen LogP contribution in [0.15, 0.2) is 0 Å². The van der Waals surface area contributed by atoms with Crippen molar-refractivity contribution in [1.82, 2.24) is 25.5 Å². The van der Waals surface area contributed by atoms with E-state index >= 15 is 0 Å². The van der Waals surface area contributed by atoms with E-state index in [2.05, 4.69) is 55.5 Å². The molecule has 1 aromatic heterocycles. The highest BCUT2D eigenvalue weighted by Crippen LogP contribution is 2.18. The van der Waals surface area contributed by atoms with Crippen molar-refractivity contribution >= 4 is 11.8 Å². The monoisotopic (exact) mass is 285 g/mol. The Balaban J connectivity index is 2.57. The molecule has 1 heterocycles. The molecule has 1 N–H and O–H groups in total. The second kappa shape index (κ2) is 8.53. The second-order valence-electron chi connectivity index (χ2n) is 5.34. The fourth-order valence-corrected chi connectivity index (χ4v) is 2.62. The number of rotatable bonds is 9. The van der Waals surface area contributed by atoms with Crippen molar-refractivity contribution in [2.24, 2.45) is 5.92 Å². The summed E-state index contributed by atoms with van der Waals surface area (Å²) in [5.41, 5.74) is 0. The zero-order chi connectivity index (χ0) is 14.3. The first-order chi connectivity index (χ1) is 9.06. The molecular formula is C13H27N5S. The van der Waals surface area contributed by atoms with E-state index in [0.717, 1.165) is 24.5 Å². The summed E-state index contributed by atoms with van der Waals surface area (Å²) in [5.74, 6) is 3.89. The Labute approximate surface area is 120 Å². The van der Waals surface area contributed by atoms with Gasteiger partial charge in [-0.2, -0.15) is 11.8 Å². The third-order valence-corrected chi connectivity index (χ3v) is 3.97. The number of aromatic nitrogens is 4. The van der Waals surface area contributed by atoms with E-state index in [1.165, 1.54) is 5.75 Å². The molecule has 2 unspecified atom stereocenters. The van der Waals surface area contributed by atoms with Crippen molar-refractivity contribution in [3.05, 3.63) is 5.82 Å². The number of tetrazole rings is 1.